The largest absolute Gasteiger partial charge is 0.457 e. The van der Waals surface area contributed by atoms with Crippen LogP contribution < -0.4 is 4.74 Å². The van der Waals surface area contributed by atoms with Gasteiger partial charge in [-0.3, -0.25) is 0 Å². The summed E-state index contributed by atoms with van der Waals surface area (Å²) in [6.07, 6.45) is 11.9. The predicted molar refractivity (Wildman–Crippen MR) is 190 cm³/mol. The second kappa shape index (κ2) is 17.1. The maximum atomic E-state index is 15.0. The monoisotopic (exact) mass is 742 g/mol. The third-order valence-electron chi connectivity index (χ3n) is 11.5. The predicted octanol–water partition coefficient (Wildman–Crippen LogP) is 13.9. The molecule has 1 nitrogen and oxygen atoms in total. The molecule has 0 amide bonds. The fourth-order valence-electron chi connectivity index (χ4n) is 8.60. The van der Waals surface area contributed by atoms with Crippen molar-refractivity contribution in [2.45, 2.75) is 116 Å². The van der Waals surface area contributed by atoms with Crippen LogP contribution in [-0.2, 0) is 12.8 Å². The molecule has 0 radical (unpaired) electrons. The Morgan fingerprint density at radius 1 is 0.453 bits per heavy atom. The van der Waals surface area contributed by atoms with Gasteiger partial charge in [0.1, 0.15) is 11.5 Å². The average molecular weight is 743 g/mol. The lowest BCUT2D eigenvalue weighted by atomic mass is 9.77. The van der Waals surface area contributed by atoms with E-state index in [0.29, 0.717) is 35.1 Å². The van der Waals surface area contributed by atoms with Gasteiger partial charge in [0.25, 0.3) is 0 Å². The molecule has 0 unspecified atom stereocenters. The van der Waals surface area contributed by atoms with E-state index in [1.54, 1.807) is 12.1 Å². The molecular weight excluding hydrogens is 696 g/mol. The standard InChI is InChI=1S/C44H46F8O/c1-3-5-25-7-11-27(12-8-25)29-15-17-37(31(19-29)21-33-23-35(45)41(49)43(51)39(33)47)53-38-18-16-30(28-13-9-26(6-4-2)10-14-28)20-32(38)22-34-24-36(46)42(50)44(52)40(34)48/h15-20,23-28H,3-14,21-22H2,1-2H3. The Kier molecular flexibility index (Phi) is 12.5. The number of hydrogen-bond donors (Lipinski definition) is 0. The summed E-state index contributed by atoms with van der Waals surface area (Å²) in [4.78, 5) is 0. The SMILES string of the molecule is CCCC1CCC(c2ccc(Oc3ccc(C4CCC(CCC)CC4)cc3Cc3cc(F)c(F)c(F)c3F)c(Cc3cc(F)c(F)c(F)c3F)c2)CC1. The highest BCUT2D eigenvalue weighted by atomic mass is 19.2. The number of halogens is 8. The molecule has 0 bridgehead atoms. The average Bonchev–Trinajstić information content (AvgIpc) is 3.16. The van der Waals surface area contributed by atoms with Crippen molar-refractivity contribution in [2.75, 3.05) is 0 Å². The van der Waals surface area contributed by atoms with Crippen LogP contribution in [0.1, 0.15) is 136 Å². The van der Waals surface area contributed by atoms with Gasteiger partial charge >= 0.3 is 0 Å². The second-order valence-corrected chi connectivity index (χ2v) is 15.1. The van der Waals surface area contributed by atoms with Crippen molar-refractivity contribution in [1.29, 1.82) is 0 Å². The van der Waals surface area contributed by atoms with E-state index in [4.69, 9.17) is 4.74 Å². The molecule has 4 aromatic rings. The Balaban J connectivity index is 1.38. The highest BCUT2D eigenvalue weighted by Gasteiger charge is 2.27. The highest BCUT2D eigenvalue weighted by Crippen LogP contribution is 2.42. The maximum absolute atomic E-state index is 15.0. The fourth-order valence-corrected chi connectivity index (χ4v) is 8.60. The molecule has 0 atom stereocenters. The van der Waals surface area contributed by atoms with Crippen molar-refractivity contribution in [3.8, 4) is 11.5 Å². The van der Waals surface area contributed by atoms with Crippen LogP contribution in [0.3, 0.4) is 0 Å². The summed E-state index contributed by atoms with van der Waals surface area (Å²) in [7, 11) is 0. The van der Waals surface area contributed by atoms with Crippen molar-refractivity contribution in [3.05, 3.63) is 128 Å². The number of hydrogen-bond acceptors (Lipinski definition) is 1. The Labute approximate surface area is 306 Å². The van der Waals surface area contributed by atoms with Crippen LogP contribution in [0.15, 0.2) is 48.5 Å². The lowest BCUT2D eigenvalue weighted by molar-refractivity contribution is 0.308. The van der Waals surface area contributed by atoms with Crippen molar-refractivity contribution >= 4 is 0 Å². The van der Waals surface area contributed by atoms with Crippen LogP contribution in [-0.4, -0.2) is 0 Å². The van der Waals surface area contributed by atoms with Crippen LogP contribution in [0.5, 0.6) is 11.5 Å². The molecule has 2 aliphatic rings. The zero-order chi connectivity index (χ0) is 37.8. The van der Waals surface area contributed by atoms with Crippen LogP contribution in [0.4, 0.5) is 35.1 Å². The van der Waals surface area contributed by atoms with Gasteiger partial charge in [-0.05, 0) is 133 Å². The molecule has 0 spiro atoms. The topological polar surface area (TPSA) is 9.23 Å². The minimum Gasteiger partial charge on any atom is -0.457 e. The van der Waals surface area contributed by atoms with Gasteiger partial charge in [-0.15, -0.1) is 0 Å². The molecule has 9 heteroatoms. The molecule has 0 aromatic heterocycles. The molecule has 2 aliphatic carbocycles. The zero-order valence-corrected chi connectivity index (χ0v) is 30.3. The summed E-state index contributed by atoms with van der Waals surface area (Å²) < 4.78 is 122. The smallest absolute Gasteiger partial charge is 0.197 e. The van der Waals surface area contributed by atoms with Gasteiger partial charge in [0, 0.05) is 12.8 Å². The molecule has 0 aliphatic heterocycles. The van der Waals surface area contributed by atoms with Crippen LogP contribution in [0, 0.1) is 58.4 Å². The minimum absolute atomic E-state index is 0.205. The first kappa shape index (κ1) is 38.8. The summed E-state index contributed by atoms with van der Waals surface area (Å²) in [6.45, 7) is 4.34. The zero-order valence-electron chi connectivity index (χ0n) is 30.3. The van der Waals surface area contributed by atoms with Crippen molar-refractivity contribution in [2.24, 2.45) is 11.8 Å². The number of benzene rings is 4. The Hall–Kier alpha value is -3.88. The molecule has 284 valence electrons. The third-order valence-corrected chi connectivity index (χ3v) is 11.5. The van der Waals surface area contributed by atoms with Crippen LogP contribution >= 0.6 is 0 Å². The van der Waals surface area contributed by atoms with Crippen molar-refractivity contribution < 1.29 is 39.9 Å². The third kappa shape index (κ3) is 8.76. The van der Waals surface area contributed by atoms with Gasteiger partial charge in [0.05, 0.1) is 0 Å². The molecule has 2 saturated carbocycles. The first-order chi connectivity index (χ1) is 25.5. The summed E-state index contributed by atoms with van der Waals surface area (Å²) in [6, 6.07) is 12.1. The van der Waals surface area contributed by atoms with Crippen LogP contribution in [0.25, 0.3) is 0 Å². The molecule has 2 fully saturated rings. The van der Waals surface area contributed by atoms with E-state index in [-0.39, 0.29) is 36.2 Å². The van der Waals surface area contributed by atoms with E-state index in [1.807, 2.05) is 24.3 Å². The van der Waals surface area contributed by atoms with E-state index < -0.39 is 57.7 Å². The molecular formula is C44H46F8O. The molecule has 4 aromatic carbocycles. The van der Waals surface area contributed by atoms with Gasteiger partial charge in [-0.25, -0.2) is 35.1 Å². The van der Waals surface area contributed by atoms with E-state index in [9.17, 15) is 26.3 Å². The van der Waals surface area contributed by atoms with E-state index >= 15 is 8.78 Å². The maximum Gasteiger partial charge on any atom is 0.197 e. The van der Waals surface area contributed by atoms with Crippen molar-refractivity contribution in [1.82, 2.24) is 0 Å². The quantitative estimate of drug-likeness (QED) is 0.0798. The molecule has 0 N–H and O–H groups in total. The molecule has 0 heterocycles. The molecule has 0 saturated heterocycles. The number of ether oxygens (including phenoxy) is 1. The second-order valence-electron chi connectivity index (χ2n) is 15.1. The van der Waals surface area contributed by atoms with Gasteiger partial charge in [-0.1, -0.05) is 63.8 Å². The lowest BCUT2D eigenvalue weighted by Crippen LogP contribution is -2.14. The fraction of sp³-hybridized carbons (Fsp3) is 0.455. The van der Waals surface area contributed by atoms with Gasteiger partial charge in [0.15, 0.2) is 46.5 Å². The van der Waals surface area contributed by atoms with Gasteiger partial charge in [0.2, 0.25) is 0 Å². The summed E-state index contributed by atoms with van der Waals surface area (Å²) in [5, 5.41) is 0. The summed E-state index contributed by atoms with van der Waals surface area (Å²) >= 11 is 0. The minimum atomic E-state index is -1.91. The van der Waals surface area contributed by atoms with Crippen molar-refractivity contribution in [3.63, 3.8) is 0 Å². The highest BCUT2D eigenvalue weighted by molar-refractivity contribution is 5.48. The van der Waals surface area contributed by atoms with E-state index in [2.05, 4.69) is 13.8 Å². The van der Waals surface area contributed by atoms with Crippen LogP contribution in [0.2, 0.25) is 0 Å². The Morgan fingerprint density at radius 2 is 0.830 bits per heavy atom. The summed E-state index contributed by atoms with van der Waals surface area (Å²) in [5.41, 5.74) is 1.89. The van der Waals surface area contributed by atoms with E-state index in [1.165, 1.54) is 0 Å². The Morgan fingerprint density at radius 3 is 1.19 bits per heavy atom. The first-order valence-electron chi connectivity index (χ1n) is 19.0. The molecule has 6 rings (SSSR count). The van der Waals surface area contributed by atoms with E-state index in [0.717, 1.165) is 88.2 Å². The van der Waals surface area contributed by atoms with Gasteiger partial charge in [-0.2, -0.15) is 0 Å². The number of rotatable bonds is 12. The first-order valence-corrected chi connectivity index (χ1v) is 19.0. The molecule has 53 heavy (non-hydrogen) atoms. The summed E-state index contributed by atoms with van der Waals surface area (Å²) in [5.74, 6) is -11.5. The Bertz CT molecular complexity index is 1770. The van der Waals surface area contributed by atoms with Gasteiger partial charge < -0.3 is 4.74 Å². The normalized spacial score (nSPS) is 20.5. The lowest BCUT2D eigenvalue weighted by Gasteiger charge is -2.29.